The molecule has 0 radical (unpaired) electrons. The molecule has 1 N–H and O–H groups in total. The van der Waals surface area contributed by atoms with Crippen molar-refractivity contribution in [1.82, 2.24) is 20.1 Å². The third-order valence-corrected chi connectivity index (χ3v) is 5.85. The van der Waals surface area contributed by atoms with Crippen LogP contribution in [0.2, 0.25) is 5.02 Å². The van der Waals surface area contributed by atoms with Crippen molar-refractivity contribution in [3.8, 4) is 11.8 Å². The molecule has 9 nitrogen and oxygen atoms in total. The molecule has 3 aromatic heterocycles. The Hall–Kier alpha value is -3.24. The minimum Gasteiger partial charge on any atom is -0.420 e. The number of benzene rings is 1. The number of nitrogens with one attached hydrogen (secondary N) is 1. The molecule has 0 saturated carbocycles. The predicted octanol–water partition coefficient (Wildman–Crippen LogP) is 3.88. The van der Waals surface area contributed by atoms with E-state index in [1.54, 1.807) is 25.1 Å². The van der Waals surface area contributed by atoms with Gasteiger partial charge in [-0.2, -0.15) is 0 Å². The Morgan fingerprint density at radius 2 is 1.93 bits per heavy atom. The second-order valence-electron chi connectivity index (χ2n) is 6.09. The summed E-state index contributed by atoms with van der Waals surface area (Å²) in [7, 11) is -3.86. The first-order valence-electron chi connectivity index (χ1n) is 8.33. The lowest BCUT2D eigenvalue weighted by Crippen LogP contribution is -2.14. The molecule has 0 aliphatic carbocycles. The number of ether oxygens (including phenoxy) is 1. The summed E-state index contributed by atoms with van der Waals surface area (Å²) in [6, 6.07) is 8.21. The van der Waals surface area contributed by atoms with E-state index < -0.39 is 10.0 Å². The number of fused-ring (bicyclic) bond motifs is 1. The van der Waals surface area contributed by atoms with E-state index >= 15 is 0 Å². The van der Waals surface area contributed by atoms with Crippen molar-refractivity contribution in [3.63, 3.8) is 0 Å². The molecule has 1 aromatic carbocycles. The van der Waals surface area contributed by atoms with Crippen LogP contribution in [0.15, 0.2) is 52.3 Å². The van der Waals surface area contributed by atoms with Crippen LogP contribution in [-0.2, 0) is 10.0 Å². The number of hydrogen-bond acceptors (Lipinski definition) is 8. The fraction of sp³-hybridized carbons (Fsp3) is 0.111. The lowest BCUT2D eigenvalue weighted by atomic mass is 10.2. The molecule has 3 heterocycles. The van der Waals surface area contributed by atoms with Crippen molar-refractivity contribution in [3.05, 3.63) is 59.3 Å². The molecule has 0 spiro atoms. The monoisotopic (exact) mass is 431 g/mol. The molecule has 4 aromatic rings. The molecule has 4 rings (SSSR count). The van der Waals surface area contributed by atoms with Crippen molar-refractivity contribution in [2.45, 2.75) is 18.7 Å². The van der Waals surface area contributed by atoms with E-state index in [1.165, 1.54) is 31.6 Å². The molecular formula is C18H14ClN5O4S. The largest absolute Gasteiger partial charge is 0.420 e. The summed E-state index contributed by atoms with van der Waals surface area (Å²) in [5.41, 5.74) is 1.17. The average molecular weight is 432 g/mol. The van der Waals surface area contributed by atoms with Gasteiger partial charge in [0.05, 0.1) is 22.8 Å². The highest BCUT2D eigenvalue weighted by molar-refractivity contribution is 7.92. The van der Waals surface area contributed by atoms with Crippen LogP contribution in [0, 0.1) is 13.8 Å². The first-order valence-corrected chi connectivity index (χ1v) is 10.2. The summed E-state index contributed by atoms with van der Waals surface area (Å²) in [6.45, 7) is 3.09. The van der Waals surface area contributed by atoms with E-state index in [2.05, 4.69) is 24.8 Å². The minimum atomic E-state index is -3.86. The fourth-order valence-electron chi connectivity index (χ4n) is 2.75. The van der Waals surface area contributed by atoms with E-state index in [9.17, 15) is 8.42 Å². The van der Waals surface area contributed by atoms with Gasteiger partial charge in [0.1, 0.15) is 12.0 Å². The molecule has 0 amide bonds. The van der Waals surface area contributed by atoms with Gasteiger partial charge in [-0.3, -0.25) is 4.72 Å². The topological polar surface area (TPSA) is 120 Å². The SMILES string of the molecule is Cc1noc(C)c1S(=O)(=O)Nc1ccc(Oc2ncnc3cc(Cl)ccc23)nc1. The number of nitrogens with zero attached hydrogens (tertiary/aromatic N) is 4. The van der Waals surface area contributed by atoms with Gasteiger partial charge in [0.2, 0.25) is 11.8 Å². The third-order valence-electron chi connectivity index (χ3n) is 3.99. The van der Waals surface area contributed by atoms with E-state index in [0.29, 0.717) is 21.8 Å². The lowest BCUT2D eigenvalue weighted by Gasteiger charge is -2.09. The zero-order chi connectivity index (χ0) is 20.6. The van der Waals surface area contributed by atoms with Crippen molar-refractivity contribution in [2.24, 2.45) is 0 Å². The quantitative estimate of drug-likeness (QED) is 0.505. The normalized spacial score (nSPS) is 11.6. The number of aryl methyl sites for hydroxylation is 2. The summed E-state index contributed by atoms with van der Waals surface area (Å²) >= 11 is 5.98. The Balaban J connectivity index is 1.56. The Kier molecular flexibility index (Phi) is 4.81. The Morgan fingerprint density at radius 1 is 1.10 bits per heavy atom. The standard InChI is InChI=1S/C18H14ClN5O4S/c1-10-17(11(2)28-23-10)29(25,26)24-13-4-6-16(20-8-13)27-18-14-5-3-12(19)7-15(14)21-9-22-18/h3-9,24H,1-2H3. The minimum absolute atomic E-state index is 0.00365. The summed E-state index contributed by atoms with van der Waals surface area (Å²) in [5.74, 6) is 0.752. The Morgan fingerprint density at radius 3 is 2.62 bits per heavy atom. The summed E-state index contributed by atoms with van der Waals surface area (Å²) in [4.78, 5) is 12.4. The van der Waals surface area contributed by atoms with E-state index in [4.69, 9.17) is 20.9 Å². The molecule has 0 unspecified atom stereocenters. The van der Waals surface area contributed by atoms with Gasteiger partial charge >= 0.3 is 0 Å². The highest BCUT2D eigenvalue weighted by atomic mass is 35.5. The van der Waals surface area contributed by atoms with Gasteiger partial charge < -0.3 is 9.26 Å². The molecule has 0 bridgehead atoms. The molecule has 0 aliphatic rings. The highest BCUT2D eigenvalue weighted by Gasteiger charge is 2.24. The molecular weight excluding hydrogens is 418 g/mol. The molecule has 29 heavy (non-hydrogen) atoms. The van der Waals surface area contributed by atoms with Gasteiger partial charge in [0.25, 0.3) is 10.0 Å². The average Bonchev–Trinajstić information content (AvgIpc) is 3.02. The van der Waals surface area contributed by atoms with E-state index in [0.717, 1.165) is 0 Å². The van der Waals surface area contributed by atoms with Crippen molar-refractivity contribution >= 4 is 38.2 Å². The van der Waals surface area contributed by atoms with E-state index in [1.807, 2.05) is 0 Å². The number of pyridine rings is 1. The van der Waals surface area contributed by atoms with Crippen LogP contribution in [0.25, 0.3) is 10.9 Å². The highest BCUT2D eigenvalue weighted by Crippen LogP contribution is 2.28. The number of halogens is 1. The number of hydrogen-bond donors (Lipinski definition) is 1. The maximum atomic E-state index is 12.6. The smallest absolute Gasteiger partial charge is 0.267 e. The second-order valence-corrected chi connectivity index (χ2v) is 8.14. The first-order chi connectivity index (χ1) is 13.8. The maximum absolute atomic E-state index is 12.6. The van der Waals surface area contributed by atoms with Crippen molar-refractivity contribution in [2.75, 3.05) is 4.72 Å². The molecule has 0 aliphatic heterocycles. The number of anilines is 1. The summed E-state index contributed by atoms with van der Waals surface area (Å²) in [6.07, 6.45) is 2.70. The Bertz CT molecular complexity index is 1290. The van der Waals surface area contributed by atoms with Gasteiger partial charge in [-0.25, -0.2) is 23.4 Å². The molecule has 148 valence electrons. The van der Waals surface area contributed by atoms with Crippen molar-refractivity contribution < 1.29 is 17.7 Å². The summed E-state index contributed by atoms with van der Waals surface area (Å²) in [5, 5.41) is 4.88. The van der Waals surface area contributed by atoms with E-state index in [-0.39, 0.29) is 27.9 Å². The molecule has 0 fully saturated rings. The zero-order valence-corrected chi connectivity index (χ0v) is 16.8. The summed E-state index contributed by atoms with van der Waals surface area (Å²) < 4.78 is 38.2. The van der Waals surface area contributed by atoms with Crippen LogP contribution in [-0.4, -0.2) is 28.5 Å². The molecule has 0 atom stereocenters. The van der Waals surface area contributed by atoms with Crippen molar-refractivity contribution in [1.29, 1.82) is 0 Å². The van der Waals surface area contributed by atoms with Crippen LogP contribution in [0.1, 0.15) is 11.5 Å². The van der Waals surface area contributed by atoms with Crippen LogP contribution in [0.3, 0.4) is 0 Å². The zero-order valence-electron chi connectivity index (χ0n) is 15.2. The van der Waals surface area contributed by atoms with Crippen LogP contribution in [0.5, 0.6) is 11.8 Å². The predicted molar refractivity (Wildman–Crippen MR) is 106 cm³/mol. The molecule has 11 heteroatoms. The van der Waals surface area contributed by atoms with Crippen LogP contribution < -0.4 is 9.46 Å². The van der Waals surface area contributed by atoms with Gasteiger partial charge in [-0.15, -0.1) is 0 Å². The maximum Gasteiger partial charge on any atom is 0.267 e. The number of rotatable bonds is 5. The number of aromatic nitrogens is 4. The third kappa shape index (κ3) is 3.84. The Labute approximate surface area is 170 Å². The van der Waals surface area contributed by atoms with Gasteiger partial charge in [-0.05, 0) is 38.1 Å². The number of sulfonamides is 1. The second kappa shape index (κ2) is 7.30. The van der Waals surface area contributed by atoms with Crippen LogP contribution >= 0.6 is 11.6 Å². The first kappa shape index (κ1) is 19.1. The lowest BCUT2D eigenvalue weighted by molar-refractivity contribution is 0.390. The van der Waals surface area contributed by atoms with Crippen LogP contribution in [0.4, 0.5) is 5.69 Å². The van der Waals surface area contributed by atoms with Gasteiger partial charge in [0.15, 0.2) is 10.7 Å². The van der Waals surface area contributed by atoms with Gasteiger partial charge in [0, 0.05) is 11.1 Å². The fourth-order valence-corrected chi connectivity index (χ4v) is 4.29. The molecule has 0 saturated heterocycles. The van der Waals surface area contributed by atoms with Gasteiger partial charge in [-0.1, -0.05) is 16.8 Å².